The van der Waals surface area contributed by atoms with Crippen molar-refractivity contribution >= 4 is 23.5 Å². The summed E-state index contributed by atoms with van der Waals surface area (Å²) in [5, 5.41) is 12.4. The molecule has 152 valence electrons. The second kappa shape index (κ2) is 8.03. The zero-order valence-electron chi connectivity index (χ0n) is 16.3. The first-order valence-electron chi connectivity index (χ1n) is 9.42. The normalized spacial score (nSPS) is 18.7. The molecule has 0 saturated carbocycles. The third-order valence-electron chi connectivity index (χ3n) is 5.59. The summed E-state index contributed by atoms with van der Waals surface area (Å²) in [6.07, 6.45) is 0.409. The first kappa shape index (κ1) is 20.5. The lowest BCUT2D eigenvalue weighted by Crippen LogP contribution is -2.40. The van der Waals surface area contributed by atoms with Crippen LogP contribution in [0.25, 0.3) is 0 Å². The summed E-state index contributed by atoms with van der Waals surface area (Å²) >= 11 is 0. The molecule has 7 heteroatoms. The van der Waals surface area contributed by atoms with Gasteiger partial charge in [0.15, 0.2) is 0 Å². The number of aliphatic carboxylic acids is 1. The largest absolute Gasteiger partial charge is 0.481 e. The quantitative estimate of drug-likeness (QED) is 0.805. The minimum atomic E-state index is -0.940. The molecule has 2 amide bonds. The van der Waals surface area contributed by atoms with Gasteiger partial charge in [-0.25, -0.2) is 4.39 Å². The zero-order valence-corrected chi connectivity index (χ0v) is 16.3. The number of halogens is 1. The lowest BCUT2D eigenvalue weighted by atomic mass is 9.76. The molecule has 0 aliphatic carbocycles. The summed E-state index contributed by atoms with van der Waals surface area (Å²) in [5.74, 6) is -2.10. The van der Waals surface area contributed by atoms with E-state index in [1.165, 1.54) is 24.3 Å². The van der Waals surface area contributed by atoms with Gasteiger partial charge < -0.3 is 15.3 Å². The topological polar surface area (TPSA) is 86.7 Å². The summed E-state index contributed by atoms with van der Waals surface area (Å²) in [4.78, 5) is 38.6. The monoisotopic (exact) mass is 398 g/mol. The highest BCUT2D eigenvalue weighted by Crippen LogP contribution is 2.38. The standard InChI is InChI=1S/C22H23FN2O4/c1-14(2)22(21(28)29)10-11-25(13-22)20(27)16-4-3-5-18(12-16)24-19(26)15-6-8-17(23)9-7-15/h3-9,12,14H,10-11,13H2,1-2H3,(H,24,26)(H,28,29). The molecule has 1 fully saturated rings. The average molecular weight is 398 g/mol. The fourth-order valence-corrected chi connectivity index (χ4v) is 3.62. The van der Waals surface area contributed by atoms with Gasteiger partial charge in [0.25, 0.3) is 11.8 Å². The highest BCUT2D eigenvalue weighted by atomic mass is 19.1. The van der Waals surface area contributed by atoms with E-state index in [1.54, 1.807) is 29.2 Å². The molecule has 2 aromatic carbocycles. The molecule has 1 saturated heterocycles. The molecule has 1 unspecified atom stereocenters. The number of benzene rings is 2. The van der Waals surface area contributed by atoms with Crippen LogP contribution in [-0.2, 0) is 4.79 Å². The van der Waals surface area contributed by atoms with Crippen molar-refractivity contribution in [2.24, 2.45) is 11.3 Å². The molecule has 1 aliphatic heterocycles. The highest BCUT2D eigenvalue weighted by molar-refractivity contribution is 6.05. The van der Waals surface area contributed by atoms with Crippen LogP contribution in [-0.4, -0.2) is 40.9 Å². The van der Waals surface area contributed by atoms with E-state index >= 15 is 0 Å². The van der Waals surface area contributed by atoms with Gasteiger partial charge in [0, 0.05) is 29.9 Å². The Bertz CT molecular complexity index is 942. The Morgan fingerprint density at radius 1 is 1.10 bits per heavy atom. The number of rotatable bonds is 5. The van der Waals surface area contributed by atoms with E-state index in [4.69, 9.17) is 0 Å². The Morgan fingerprint density at radius 2 is 1.79 bits per heavy atom. The van der Waals surface area contributed by atoms with Crippen molar-refractivity contribution in [1.82, 2.24) is 4.90 Å². The molecular weight excluding hydrogens is 375 g/mol. The van der Waals surface area contributed by atoms with Crippen molar-refractivity contribution in [3.8, 4) is 0 Å². The second-order valence-electron chi connectivity index (χ2n) is 7.63. The second-order valence-corrected chi connectivity index (χ2v) is 7.63. The summed E-state index contributed by atoms with van der Waals surface area (Å²) in [6, 6.07) is 11.6. The Labute approximate surface area is 168 Å². The van der Waals surface area contributed by atoms with Crippen LogP contribution in [0.2, 0.25) is 0 Å². The molecule has 2 aromatic rings. The summed E-state index contributed by atoms with van der Waals surface area (Å²) in [6.45, 7) is 4.24. The smallest absolute Gasteiger partial charge is 0.311 e. The molecular formula is C22H23FN2O4. The van der Waals surface area contributed by atoms with Crippen molar-refractivity contribution in [1.29, 1.82) is 0 Å². The fourth-order valence-electron chi connectivity index (χ4n) is 3.62. The van der Waals surface area contributed by atoms with Crippen LogP contribution in [0.5, 0.6) is 0 Å². The number of hydrogen-bond acceptors (Lipinski definition) is 3. The fraction of sp³-hybridized carbons (Fsp3) is 0.318. The summed E-state index contributed by atoms with van der Waals surface area (Å²) < 4.78 is 13.0. The number of nitrogens with one attached hydrogen (secondary N) is 1. The number of anilines is 1. The van der Waals surface area contributed by atoms with E-state index in [0.717, 1.165) is 0 Å². The summed E-state index contributed by atoms with van der Waals surface area (Å²) in [5.41, 5.74) is 0.153. The Hall–Kier alpha value is -3.22. The molecule has 1 atom stereocenters. The van der Waals surface area contributed by atoms with Gasteiger partial charge in [-0.2, -0.15) is 0 Å². The van der Waals surface area contributed by atoms with Gasteiger partial charge in [-0.3, -0.25) is 14.4 Å². The molecule has 0 radical (unpaired) electrons. The molecule has 3 rings (SSSR count). The predicted molar refractivity (Wildman–Crippen MR) is 106 cm³/mol. The number of carboxylic acid groups (broad SMARTS) is 1. The van der Waals surface area contributed by atoms with E-state index in [9.17, 15) is 23.9 Å². The number of likely N-dealkylation sites (tertiary alicyclic amines) is 1. The van der Waals surface area contributed by atoms with Crippen molar-refractivity contribution < 1.29 is 23.9 Å². The van der Waals surface area contributed by atoms with Gasteiger partial charge in [0.05, 0.1) is 5.41 Å². The van der Waals surface area contributed by atoms with Gasteiger partial charge in [0.2, 0.25) is 0 Å². The van der Waals surface area contributed by atoms with Gasteiger partial charge in [-0.1, -0.05) is 19.9 Å². The van der Waals surface area contributed by atoms with Crippen LogP contribution in [0, 0.1) is 17.2 Å². The minimum Gasteiger partial charge on any atom is -0.481 e. The molecule has 29 heavy (non-hydrogen) atoms. The first-order chi connectivity index (χ1) is 13.7. The first-order valence-corrected chi connectivity index (χ1v) is 9.42. The van der Waals surface area contributed by atoms with Crippen molar-refractivity contribution in [3.05, 3.63) is 65.5 Å². The third kappa shape index (κ3) is 4.13. The van der Waals surface area contributed by atoms with Crippen molar-refractivity contribution in [3.63, 3.8) is 0 Å². The van der Waals surface area contributed by atoms with Crippen LogP contribution >= 0.6 is 0 Å². The van der Waals surface area contributed by atoms with Gasteiger partial charge in [0.1, 0.15) is 5.82 Å². The third-order valence-corrected chi connectivity index (χ3v) is 5.59. The van der Waals surface area contributed by atoms with Gasteiger partial charge in [-0.15, -0.1) is 0 Å². The number of carbonyl (C=O) groups is 3. The molecule has 6 nitrogen and oxygen atoms in total. The van der Waals surface area contributed by atoms with Crippen LogP contribution in [0.4, 0.5) is 10.1 Å². The van der Waals surface area contributed by atoms with E-state index in [1.807, 2.05) is 13.8 Å². The summed E-state index contributed by atoms with van der Waals surface area (Å²) in [7, 11) is 0. The number of hydrogen-bond donors (Lipinski definition) is 2. The number of carbonyl (C=O) groups excluding carboxylic acids is 2. The lowest BCUT2D eigenvalue weighted by molar-refractivity contribution is -0.150. The lowest BCUT2D eigenvalue weighted by Gasteiger charge is -2.28. The Balaban J connectivity index is 1.74. The van der Waals surface area contributed by atoms with E-state index in [-0.39, 0.29) is 18.4 Å². The maximum atomic E-state index is 13.0. The van der Waals surface area contributed by atoms with Crippen LogP contribution in [0.15, 0.2) is 48.5 Å². The van der Waals surface area contributed by atoms with Crippen LogP contribution in [0.1, 0.15) is 41.0 Å². The molecule has 2 N–H and O–H groups in total. The van der Waals surface area contributed by atoms with Crippen LogP contribution < -0.4 is 5.32 Å². The van der Waals surface area contributed by atoms with Crippen molar-refractivity contribution in [2.45, 2.75) is 20.3 Å². The molecule has 0 spiro atoms. The Kier molecular flexibility index (Phi) is 5.68. The van der Waals surface area contributed by atoms with Crippen LogP contribution in [0.3, 0.4) is 0 Å². The highest BCUT2D eigenvalue weighted by Gasteiger charge is 2.48. The zero-order chi connectivity index (χ0) is 21.2. The minimum absolute atomic E-state index is 0.0980. The van der Waals surface area contributed by atoms with Gasteiger partial charge >= 0.3 is 5.97 Å². The number of amides is 2. The molecule has 1 aliphatic rings. The van der Waals surface area contributed by atoms with E-state index in [0.29, 0.717) is 29.8 Å². The number of carboxylic acids is 1. The maximum Gasteiger partial charge on any atom is 0.311 e. The van der Waals surface area contributed by atoms with E-state index < -0.39 is 23.1 Å². The maximum absolute atomic E-state index is 13.0. The molecule has 1 heterocycles. The van der Waals surface area contributed by atoms with Gasteiger partial charge in [-0.05, 0) is 54.8 Å². The van der Waals surface area contributed by atoms with E-state index in [2.05, 4.69) is 5.32 Å². The Morgan fingerprint density at radius 3 is 2.38 bits per heavy atom. The SMILES string of the molecule is CC(C)C1(C(=O)O)CCN(C(=O)c2cccc(NC(=O)c3ccc(F)cc3)c2)C1. The number of nitrogens with zero attached hydrogens (tertiary/aromatic N) is 1. The average Bonchev–Trinajstić information content (AvgIpc) is 3.15. The molecule has 0 aromatic heterocycles. The predicted octanol–water partition coefficient (Wildman–Crippen LogP) is 3.65. The van der Waals surface area contributed by atoms with Crippen molar-refractivity contribution in [2.75, 3.05) is 18.4 Å². The molecule has 0 bridgehead atoms.